The van der Waals surface area contributed by atoms with Crippen LogP contribution in [0.4, 0.5) is 0 Å². The zero-order valence-electron chi connectivity index (χ0n) is 14.2. The van der Waals surface area contributed by atoms with Crippen molar-refractivity contribution in [1.82, 2.24) is 10.6 Å². The molecule has 2 N–H and O–H groups in total. The van der Waals surface area contributed by atoms with Crippen molar-refractivity contribution < 1.29 is 4.79 Å². The highest BCUT2D eigenvalue weighted by Gasteiger charge is 2.59. The van der Waals surface area contributed by atoms with E-state index in [1.54, 1.807) is 0 Å². The average Bonchev–Trinajstić information content (AvgIpc) is 2.21. The fourth-order valence-corrected chi connectivity index (χ4v) is 6.48. The Morgan fingerprint density at radius 2 is 1.71 bits per heavy atom. The molecular weight excluding hydrogens is 260 g/mol. The SMILES string of the molecule is CC(C)NC(=O)CCNC12CC3CC(C)(CC(C)(C3)C1)C2. The molecule has 2 unspecified atom stereocenters. The highest BCUT2D eigenvalue weighted by atomic mass is 16.1. The van der Waals surface area contributed by atoms with Gasteiger partial charge in [0.05, 0.1) is 0 Å². The molecule has 4 aliphatic carbocycles. The summed E-state index contributed by atoms with van der Waals surface area (Å²) in [5.41, 5.74) is 1.41. The number of amides is 1. The first kappa shape index (κ1) is 15.3. The number of nitrogens with one attached hydrogen (secondary N) is 2. The molecule has 4 fully saturated rings. The zero-order chi connectivity index (χ0) is 15.3. The van der Waals surface area contributed by atoms with Crippen LogP contribution >= 0.6 is 0 Å². The van der Waals surface area contributed by atoms with E-state index in [9.17, 15) is 4.79 Å². The third kappa shape index (κ3) is 3.13. The summed E-state index contributed by atoms with van der Waals surface area (Å²) in [5, 5.41) is 6.81. The summed E-state index contributed by atoms with van der Waals surface area (Å²) >= 11 is 0. The Morgan fingerprint density at radius 3 is 2.24 bits per heavy atom. The van der Waals surface area contributed by atoms with Crippen LogP contribution in [0, 0.1) is 16.7 Å². The van der Waals surface area contributed by atoms with Crippen LogP contribution < -0.4 is 10.6 Å². The lowest BCUT2D eigenvalue weighted by Gasteiger charge is -2.65. The van der Waals surface area contributed by atoms with Crippen LogP contribution in [0.5, 0.6) is 0 Å². The first-order valence-electron chi connectivity index (χ1n) is 8.76. The first-order chi connectivity index (χ1) is 9.72. The summed E-state index contributed by atoms with van der Waals surface area (Å²) in [6, 6.07) is 0.245. The van der Waals surface area contributed by atoms with Crippen molar-refractivity contribution in [3.05, 3.63) is 0 Å². The molecule has 0 aromatic heterocycles. The predicted octanol–water partition coefficient (Wildman–Crippen LogP) is 3.24. The monoisotopic (exact) mass is 292 g/mol. The molecule has 0 aromatic rings. The molecule has 2 atom stereocenters. The van der Waals surface area contributed by atoms with Gasteiger partial charge in [0.15, 0.2) is 0 Å². The van der Waals surface area contributed by atoms with Crippen LogP contribution in [0.1, 0.15) is 72.6 Å². The Balaban J connectivity index is 1.59. The van der Waals surface area contributed by atoms with Crippen LogP contribution in [-0.2, 0) is 4.79 Å². The molecule has 3 heteroatoms. The van der Waals surface area contributed by atoms with Gasteiger partial charge in [-0.15, -0.1) is 0 Å². The Labute approximate surface area is 129 Å². The minimum atomic E-state index is 0.180. The van der Waals surface area contributed by atoms with E-state index in [4.69, 9.17) is 0 Å². The maximum atomic E-state index is 11.8. The second-order valence-corrected chi connectivity index (χ2v) is 9.31. The molecule has 21 heavy (non-hydrogen) atoms. The lowest BCUT2D eigenvalue weighted by atomic mass is 9.43. The van der Waals surface area contributed by atoms with Crippen molar-refractivity contribution >= 4 is 5.91 Å². The van der Waals surface area contributed by atoms with E-state index in [1.165, 1.54) is 38.5 Å². The van der Waals surface area contributed by atoms with Crippen LogP contribution in [0.3, 0.4) is 0 Å². The van der Waals surface area contributed by atoms with E-state index < -0.39 is 0 Å². The van der Waals surface area contributed by atoms with Gasteiger partial charge in [0.2, 0.25) is 5.91 Å². The van der Waals surface area contributed by atoms with E-state index >= 15 is 0 Å². The fourth-order valence-electron chi connectivity index (χ4n) is 6.48. The minimum Gasteiger partial charge on any atom is -0.354 e. The quantitative estimate of drug-likeness (QED) is 0.817. The summed E-state index contributed by atoms with van der Waals surface area (Å²) in [6.45, 7) is 9.87. The molecule has 3 nitrogen and oxygen atoms in total. The third-order valence-corrected chi connectivity index (χ3v) is 5.93. The Kier molecular flexibility index (Phi) is 3.63. The smallest absolute Gasteiger partial charge is 0.221 e. The van der Waals surface area contributed by atoms with E-state index in [0.717, 1.165) is 12.5 Å². The lowest BCUT2D eigenvalue weighted by Crippen LogP contribution is -2.64. The van der Waals surface area contributed by atoms with Crippen molar-refractivity contribution in [2.75, 3.05) is 6.54 Å². The van der Waals surface area contributed by atoms with Gasteiger partial charge in [0.25, 0.3) is 0 Å². The number of carbonyl (C=O) groups is 1. The number of carbonyl (C=O) groups excluding carboxylic acids is 1. The van der Waals surface area contributed by atoms with Crippen LogP contribution in [0.15, 0.2) is 0 Å². The highest BCUT2D eigenvalue weighted by molar-refractivity contribution is 5.76. The predicted molar refractivity (Wildman–Crippen MR) is 86.0 cm³/mol. The molecule has 4 aliphatic rings. The molecule has 4 bridgehead atoms. The average molecular weight is 292 g/mol. The molecular formula is C18H32N2O. The molecule has 0 spiro atoms. The van der Waals surface area contributed by atoms with Crippen molar-refractivity contribution in [3.8, 4) is 0 Å². The maximum Gasteiger partial charge on any atom is 0.221 e. The van der Waals surface area contributed by atoms with Crippen LogP contribution in [0.25, 0.3) is 0 Å². The molecule has 0 saturated heterocycles. The second kappa shape index (κ2) is 4.97. The molecule has 120 valence electrons. The van der Waals surface area contributed by atoms with E-state index in [0.29, 0.717) is 22.8 Å². The Hall–Kier alpha value is -0.570. The van der Waals surface area contributed by atoms with Crippen LogP contribution in [-0.4, -0.2) is 24.0 Å². The van der Waals surface area contributed by atoms with Crippen molar-refractivity contribution in [1.29, 1.82) is 0 Å². The van der Waals surface area contributed by atoms with Gasteiger partial charge in [-0.2, -0.15) is 0 Å². The van der Waals surface area contributed by atoms with Gasteiger partial charge in [-0.25, -0.2) is 0 Å². The van der Waals surface area contributed by atoms with Gasteiger partial charge in [0, 0.05) is 24.5 Å². The molecule has 0 heterocycles. The van der Waals surface area contributed by atoms with Crippen molar-refractivity contribution in [3.63, 3.8) is 0 Å². The summed E-state index contributed by atoms with van der Waals surface area (Å²) in [5.74, 6) is 1.09. The van der Waals surface area contributed by atoms with E-state index in [1.807, 2.05) is 13.8 Å². The third-order valence-electron chi connectivity index (χ3n) is 5.93. The van der Waals surface area contributed by atoms with Gasteiger partial charge >= 0.3 is 0 Å². The summed E-state index contributed by atoms with van der Waals surface area (Å²) in [7, 11) is 0. The lowest BCUT2D eigenvalue weighted by molar-refractivity contribution is -0.123. The molecule has 0 aromatic carbocycles. The van der Waals surface area contributed by atoms with E-state index in [2.05, 4.69) is 24.5 Å². The highest BCUT2D eigenvalue weighted by Crippen LogP contribution is 2.66. The normalized spacial score (nSPS) is 44.3. The van der Waals surface area contributed by atoms with Gasteiger partial charge in [0.1, 0.15) is 0 Å². The summed E-state index contributed by atoms with van der Waals surface area (Å²) in [6.07, 6.45) is 8.85. The van der Waals surface area contributed by atoms with Crippen LogP contribution in [0.2, 0.25) is 0 Å². The summed E-state index contributed by atoms with van der Waals surface area (Å²) in [4.78, 5) is 11.8. The second-order valence-electron chi connectivity index (χ2n) is 9.31. The largest absolute Gasteiger partial charge is 0.354 e. The Morgan fingerprint density at radius 1 is 1.10 bits per heavy atom. The van der Waals surface area contributed by atoms with E-state index in [-0.39, 0.29) is 11.9 Å². The minimum absolute atomic E-state index is 0.180. The summed E-state index contributed by atoms with van der Waals surface area (Å²) < 4.78 is 0. The van der Waals surface area contributed by atoms with Gasteiger partial charge in [-0.1, -0.05) is 13.8 Å². The van der Waals surface area contributed by atoms with Gasteiger partial charge < -0.3 is 10.6 Å². The molecule has 4 rings (SSSR count). The topological polar surface area (TPSA) is 41.1 Å². The van der Waals surface area contributed by atoms with Gasteiger partial charge in [-0.05, 0) is 69.1 Å². The number of hydrogen-bond donors (Lipinski definition) is 2. The standard InChI is InChI=1S/C18H32N2O/c1-13(2)20-15(21)5-6-19-18-9-14-7-16(3,11-18)10-17(4,8-14)12-18/h13-14,19H,5-12H2,1-4H3,(H,20,21). The van der Waals surface area contributed by atoms with Crippen molar-refractivity contribution in [2.45, 2.75) is 84.2 Å². The Bertz CT molecular complexity index is 413. The maximum absolute atomic E-state index is 11.8. The first-order valence-corrected chi connectivity index (χ1v) is 8.76. The molecule has 1 amide bonds. The molecule has 0 aliphatic heterocycles. The van der Waals surface area contributed by atoms with Gasteiger partial charge in [-0.3, -0.25) is 4.79 Å². The number of hydrogen-bond acceptors (Lipinski definition) is 2. The zero-order valence-corrected chi connectivity index (χ0v) is 14.2. The number of rotatable bonds is 5. The van der Waals surface area contributed by atoms with Crippen molar-refractivity contribution in [2.24, 2.45) is 16.7 Å². The fraction of sp³-hybridized carbons (Fsp3) is 0.944. The molecule has 0 radical (unpaired) electrons. The molecule has 4 saturated carbocycles.